The Morgan fingerprint density at radius 1 is 0.271 bits per heavy atom. The van der Waals surface area contributed by atoms with Gasteiger partial charge in [0.15, 0.2) is 0 Å². The molecule has 70 heavy (non-hydrogen) atoms. The van der Waals surface area contributed by atoms with Gasteiger partial charge in [-0.15, -0.1) is 0 Å². The van der Waals surface area contributed by atoms with Crippen molar-refractivity contribution in [3.05, 3.63) is 249 Å². The van der Waals surface area contributed by atoms with Crippen LogP contribution in [0, 0.1) is 41.4 Å². The molecular weight excluding hydrogens is 1150 g/mol. The summed E-state index contributed by atoms with van der Waals surface area (Å²) in [7, 11) is -1.39. The van der Waals surface area contributed by atoms with Gasteiger partial charge in [0.2, 0.25) is 0 Å². The first-order valence-electron chi connectivity index (χ1n) is 24.3. The van der Waals surface area contributed by atoms with E-state index in [1.807, 2.05) is 0 Å². The van der Waals surface area contributed by atoms with E-state index in [1.165, 1.54) is 67.1 Å². The van der Waals surface area contributed by atoms with Crippen molar-refractivity contribution in [1.29, 1.82) is 5.26 Å². The molecule has 1 fully saturated rings. The van der Waals surface area contributed by atoms with Gasteiger partial charge in [-0.2, -0.15) is 0 Å². The fourth-order valence-corrected chi connectivity index (χ4v) is 20.0. The van der Waals surface area contributed by atoms with E-state index in [9.17, 15) is 0 Å². The summed E-state index contributed by atoms with van der Waals surface area (Å²) in [5.41, 5.74) is 0. The van der Waals surface area contributed by atoms with Crippen LogP contribution in [-0.2, 0) is 16.8 Å². The minimum Gasteiger partial charge on any atom is -0.0622 e. The van der Waals surface area contributed by atoms with Gasteiger partial charge < -0.3 is 11.8 Å². The molecule has 0 aromatic heterocycles. The minimum atomic E-state index is -0.348. The van der Waals surface area contributed by atoms with Gasteiger partial charge in [0, 0.05) is 0 Å². The first-order chi connectivity index (χ1) is 34.4. The summed E-state index contributed by atoms with van der Waals surface area (Å²) in [5, 5.41) is 18.0. The maximum atomic E-state index is 6.25. The Morgan fingerprint density at radius 3 is 0.471 bits per heavy atom. The van der Waals surface area contributed by atoms with E-state index < -0.39 is 0 Å². The fourth-order valence-electron chi connectivity index (χ4n) is 9.29. The quantitative estimate of drug-likeness (QED) is 0.0605. The van der Waals surface area contributed by atoms with Gasteiger partial charge >= 0.3 is 29.8 Å². The molecule has 0 amide bonds. The summed E-state index contributed by atoms with van der Waals surface area (Å²) in [6, 6.07) is 88.4. The normalized spacial score (nSPS) is 16.8. The predicted octanol–water partition coefficient (Wildman–Crippen LogP) is 13.4. The summed E-state index contributed by atoms with van der Waals surface area (Å²) in [6.07, 6.45) is 4.83. The third-order valence-electron chi connectivity index (χ3n) is 13.8. The molecule has 8 aromatic carbocycles. The minimum absolute atomic E-state index is 0.348. The van der Waals surface area contributed by atoms with Crippen LogP contribution in [0.5, 0.6) is 0 Å². The van der Waals surface area contributed by atoms with Crippen molar-refractivity contribution >= 4 is 87.1 Å². The van der Waals surface area contributed by atoms with Gasteiger partial charge in [0.1, 0.15) is 0 Å². The Labute approximate surface area is 443 Å². The van der Waals surface area contributed by atoms with Crippen LogP contribution in [0.25, 0.3) is 0 Å². The summed E-state index contributed by atoms with van der Waals surface area (Å²) in [5.74, 6) is 4.68. The molecule has 0 saturated heterocycles. The van der Waals surface area contributed by atoms with E-state index in [0.29, 0.717) is 0 Å². The molecule has 9 rings (SSSR count). The molecular formula is C63H68GeNP4W. The van der Waals surface area contributed by atoms with Crippen LogP contribution < -0.4 is 42.4 Å². The van der Waals surface area contributed by atoms with Crippen LogP contribution >= 0.6 is 31.7 Å². The van der Waals surface area contributed by atoms with Crippen LogP contribution in [0.1, 0.15) is 34.6 Å². The molecule has 1 aliphatic rings. The second kappa shape index (κ2) is 32.3. The number of benzene rings is 8. The van der Waals surface area contributed by atoms with Gasteiger partial charge in [-0.3, -0.25) is 0 Å². The Morgan fingerprint density at radius 2 is 0.371 bits per heavy atom. The number of rotatable bonds is 14. The average molecular weight is 1220 g/mol. The molecule has 1 nitrogen and oxygen atoms in total. The first kappa shape index (κ1) is 57.1. The molecule has 7 heteroatoms. The Balaban J connectivity index is 0.000000206. The van der Waals surface area contributed by atoms with Crippen LogP contribution in [0.2, 0.25) is 0 Å². The predicted molar refractivity (Wildman–Crippen MR) is 312 cm³/mol. The van der Waals surface area contributed by atoms with Gasteiger partial charge in [0.25, 0.3) is 0 Å². The van der Waals surface area contributed by atoms with Crippen molar-refractivity contribution in [2.75, 3.05) is 24.6 Å². The molecule has 0 atom stereocenters. The van der Waals surface area contributed by atoms with E-state index in [4.69, 9.17) is 11.8 Å². The van der Waals surface area contributed by atoms with E-state index >= 15 is 0 Å². The van der Waals surface area contributed by atoms with Gasteiger partial charge in [0.05, 0.1) is 0 Å². The van der Waals surface area contributed by atoms with Gasteiger partial charge in [-0.05, 0) is 128 Å². The zero-order chi connectivity index (χ0) is 49.9. The summed E-state index contributed by atoms with van der Waals surface area (Å²) >= 11 is 3.67. The van der Waals surface area contributed by atoms with Gasteiger partial charge in [-0.1, -0.05) is 277 Å². The van der Waals surface area contributed by atoms with Crippen LogP contribution in [0.3, 0.4) is 0 Å². The van der Waals surface area contributed by atoms with E-state index in [2.05, 4.69) is 290 Å². The second-order valence-corrected chi connectivity index (χ2v) is 26.9. The summed E-state index contributed by atoms with van der Waals surface area (Å²) in [6.45, 7) is 16.7. The second-order valence-electron chi connectivity index (χ2n) is 17.6. The van der Waals surface area contributed by atoms with Crippen LogP contribution in [0.15, 0.2) is 243 Å². The Bertz CT molecular complexity index is 2090. The van der Waals surface area contributed by atoms with E-state index in [-0.39, 0.29) is 31.7 Å². The van der Waals surface area contributed by atoms with E-state index in [1.54, 1.807) is 16.8 Å². The van der Waals surface area contributed by atoms with E-state index in [0.717, 1.165) is 29.6 Å². The zero-order valence-corrected chi connectivity index (χ0v) is 50.1. The van der Waals surface area contributed by atoms with Gasteiger partial charge in [-0.25, -0.2) is 0 Å². The molecule has 1 radical (unpaired) electrons. The molecule has 8 aromatic rings. The van der Waals surface area contributed by atoms with Crippen molar-refractivity contribution in [2.24, 2.45) is 29.6 Å². The molecule has 0 bridgehead atoms. The average Bonchev–Trinajstić information content (AvgIpc) is 3.61. The number of hydrogen-bond donors (Lipinski definition) is 0. The smallest absolute Gasteiger partial charge is 0.0195 e. The monoisotopic (exact) mass is 1220 g/mol. The maximum absolute atomic E-state index is 6.25. The molecule has 0 spiro atoms. The van der Waals surface area contributed by atoms with Crippen LogP contribution in [-0.4, -0.2) is 37.6 Å². The standard InChI is InChI=1S/2C26H24P2.C10H20.CN.Ge.W/c2*1-5-13-23(14-6-1)27(24-15-7-2-8-16-24)21-22-28(25-17-9-3-10-18-25)26-19-11-4-12-20-26;1-6-7(2)9(4)10(5)8(6)3;1-2;;/h2*1-20H,21-22H2;6-10H,1-5H3;;;/q;;;-1;;+1. The van der Waals surface area contributed by atoms with Crippen molar-refractivity contribution < 1.29 is 16.8 Å². The Kier molecular flexibility index (Phi) is 26.4. The van der Waals surface area contributed by atoms with Crippen molar-refractivity contribution in [1.82, 2.24) is 0 Å². The first-order valence-corrected chi connectivity index (χ1v) is 38.9. The summed E-state index contributed by atoms with van der Waals surface area (Å²) < 4.78 is 0. The van der Waals surface area contributed by atoms with Crippen molar-refractivity contribution in [3.8, 4) is 0 Å². The molecule has 1 aliphatic carbocycles. The maximum Gasteiger partial charge on any atom is -0.0195 e. The van der Waals surface area contributed by atoms with Crippen molar-refractivity contribution in [3.63, 3.8) is 0 Å². The number of hydrogen-bond acceptors (Lipinski definition) is 1. The molecule has 355 valence electrons. The Hall–Kier alpha value is -3.80. The third-order valence-corrected chi connectivity index (χ3v) is 24.5. The molecule has 0 heterocycles. The third kappa shape index (κ3) is 17.2. The largest absolute Gasteiger partial charge is 0.0622 e. The summed E-state index contributed by atoms with van der Waals surface area (Å²) in [4.78, 5) is 0. The number of nitrogens with zero attached hydrogens (tertiary/aromatic N) is 1. The molecule has 0 N–H and O–H groups in total. The van der Waals surface area contributed by atoms with Crippen LogP contribution in [0.4, 0.5) is 0 Å². The molecule has 0 aliphatic heterocycles. The molecule has 1 saturated carbocycles. The fraction of sp³-hybridized carbons (Fsp3) is 0.222. The topological polar surface area (TPSA) is 23.8 Å². The molecule has 0 unspecified atom stereocenters. The zero-order valence-electron chi connectivity index (χ0n) is 41.5. The van der Waals surface area contributed by atoms with Crippen molar-refractivity contribution in [2.45, 2.75) is 34.6 Å². The SMILES string of the molecule is CC1C(C)C(C)C(C)C1C.[C-]#N.[Ge]#[W+].c1ccc(P(CCP(c2ccccc2)c2ccccc2)c2ccccc2)cc1.c1ccc(P(CCP(c2ccccc2)c2ccccc2)c2ccccc2)cc1.